The molecular formula is C23H24N4O2. The van der Waals surface area contributed by atoms with Crippen LogP contribution in [0.3, 0.4) is 0 Å². The van der Waals surface area contributed by atoms with Gasteiger partial charge in [-0.1, -0.05) is 6.07 Å². The number of fused-ring (bicyclic) bond motifs is 1. The van der Waals surface area contributed by atoms with Crippen molar-refractivity contribution in [2.45, 2.75) is 38.4 Å². The predicted octanol–water partition coefficient (Wildman–Crippen LogP) is 3.35. The van der Waals surface area contributed by atoms with Crippen molar-refractivity contribution in [1.29, 1.82) is 0 Å². The average molecular weight is 388 g/mol. The molecule has 0 atom stereocenters. The minimum absolute atomic E-state index is 0.232. The molecule has 1 N–H and O–H groups in total. The zero-order valence-electron chi connectivity index (χ0n) is 16.3. The number of ether oxygens (including phenoxy) is 2. The second kappa shape index (κ2) is 8.17. The summed E-state index contributed by atoms with van der Waals surface area (Å²) in [5.74, 6) is 1.45. The highest BCUT2D eigenvalue weighted by Crippen LogP contribution is 2.34. The average Bonchev–Trinajstić information content (AvgIpc) is 2.75. The topological polar surface area (TPSA) is 69.2 Å². The van der Waals surface area contributed by atoms with Crippen LogP contribution in [0.25, 0.3) is 11.1 Å². The molecule has 6 nitrogen and oxygen atoms in total. The number of aromatic nitrogens is 3. The molecule has 1 aliphatic carbocycles. The van der Waals surface area contributed by atoms with Crippen molar-refractivity contribution in [3.63, 3.8) is 0 Å². The minimum Gasteiger partial charge on any atom is -0.486 e. The Bertz CT molecular complexity index is 989. The molecule has 0 bridgehead atoms. The third kappa shape index (κ3) is 4.07. The van der Waals surface area contributed by atoms with E-state index < -0.39 is 0 Å². The lowest BCUT2D eigenvalue weighted by Crippen LogP contribution is -2.50. The Labute approximate surface area is 170 Å². The Hall–Kier alpha value is -2.99. The van der Waals surface area contributed by atoms with E-state index in [-0.39, 0.29) is 6.10 Å². The molecule has 3 aromatic heterocycles. The fraction of sp³-hybridized carbons (Fsp3) is 0.348. The number of pyridine rings is 3. The Morgan fingerprint density at radius 2 is 2.00 bits per heavy atom. The highest BCUT2D eigenvalue weighted by Gasteiger charge is 2.21. The normalized spacial score (nSPS) is 16.0. The fourth-order valence-corrected chi connectivity index (χ4v) is 3.81. The van der Waals surface area contributed by atoms with Crippen LogP contribution >= 0.6 is 0 Å². The van der Waals surface area contributed by atoms with Gasteiger partial charge in [0.1, 0.15) is 18.5 Å². The van der Waals surface area contributed by atoms with Gasteiger partial charge in [-0.05, 0) is 55.0 Å². The first kappa shape index (κ1) is 18.1. The van der Waals surface area contributed by atoms with Crippen LogP contribution in [-0.4, -0.2) is 34.1 Å². The van der Waals surface area contributed by atoms with Gasteiger partial charge < -0.3 is 14.8 Å². The van der Waals surface area contributed by atoms with Gasteiger partial charge in [-0.15, -0.1) is 0 Å². The van der Waals surface area contributed by atoms with Crippen molar-refractivity contribution >= 4 is 0 Å². The lowest BCUT2D eigenvalue weighted by molar-refractivity contribution is 0.142. The first-order chi connectivity index (χ1) is 14.3. The van der Waals surface area contributed by atoms with Crippen LogP contribution in [-0.2, 0) is 19.4 Å². The molecular weight excluding hydrogens is 364 g/mol. The summed E-state index contributed by atoms with van der Waals surface area (Å²) in [6, 6.07) is 9.95. The Balaban J connectivity index is 1.45. The Morgan fingerprint density at radius 3 is 2.83 bits per heavy atom. The van der Waals surface area contributed by atoms with E-state index in [4.69, 9.17) is 14.5 Å². The van der Waals surface area contributed by atoms with Crippen LogP contribution < -0.4 is 14.8 Å². The van der Waals surface area contributed by atoms with Gasteiger partial charge >= 0.3 is 0 Å². The number of rotatable bonds is 6. The summed E-state index contributed by atoms with van der Waals surface area (Å²) in [5.41, 5.74) is 5.54. The van der Waals surface area contributed by atoms with Crippen LogP contribution in [0.4, 0.5) is 0 Å². The minimum atomic E-state index is 0.232. The van der Waals surface area contributed by atoms with Gasteiger partial charge in [0.2, 0.25) is 5.88 Å². The van der Waals surface area contributed by atoms with Crippen LogP contribution in [0.2, 0.25) is 0 Å². The van der Waals surface area contributed by atoms with Crippen molar-refractivity contribution < 1.29 is 9.47 Å². The zero-order chi connectivity index (χ0) is 19.5. The molecule has 5 rings (SSSR count). The molecule has 0 spiro atoms. The summed E-state index contributed by atoms with van der Waals surface area (Å²) in [7, 11) is 0. The third-order valence-corrected chi connectivity index (χ3v) is 5.44. The van der Waals surface area contributed by atoms with E-state index >= 15 is 0 Å². The number of hydrogen-bond donors (Lipinski definition) is 1. The molecule has 0 amide bonds. The van der Waals surface area contributed by atoms with Crippen LogP contribution in [0.5, 0.6) is 11.6 Å². The number of hydrogen-bond acceptors (Lipinski definition) is 6. The van der Waals surface area contributed by atoms with Crippen molar-refractivity contribution in [3.8, 4) is 22.8 Å². The third-order valence-electron chi connectivity index (χ3n) is 5.44. The van der Waals surface area contributed by atoms with Gasteiger partial charge in [0.25, 0.3) is 0 Å². The Kier molecular flexibility index (Phi) is 5.09. The van der Waals surface area contributed by atoms with Crippen molar-refractivity contribution in [3.05, 3.63) is 65.9 Å². The van der Waals surface area contributed by atoms with E-state index in [1.54, 1.807) is 12.4 Å². The maximum absolute atomic E-state index is 6.01. The van der Waals surface area contributed by atoms with E-state index in [1.807, 2.05) is 30.5 Å². The predicted molar refractivity (Wildman–Crippen MR) is 110 cm³/mol. The number of nitrogens with zero attached hydrogens (tertiary/aromatic N) is 3. The zero-order valence-corrected chi connectivity index (χ0v) is 16.3. The quantitative estimate of drug-likeness (QED) is 0.698. The molecule has 2 aliphatic rings. The van der Waals surface area contributed by atoms with Gasteiger partial charge in [0.05, 0.1) is 11.9 Å². The van der Waals surface area contributed by atoms with Gasteiger partial charge in [0, 0.05) is 42.8 Å². The van der Waals surface area contributed by atoms with Gasteiger partial charge in [0.15, 0.2) is 0 Å². The first-order valence-electron chi connectivity index (χ1n) is 10.2. The maximum Gasteiger partial charge on any atom is 0.214 e. The lowest BCUT2D eigenvalue weighted by atomic mass is 9.90. The fourth-order valence-electron chi connectivity index (χ4n) is 3.81. The van der Waals surface area contributed by atoms with E-state index in [0.717, 1.165) is 54.2 Å². The molecule has 0 aromatic carbocycles. The van der Waals surface area contributed by atoms with Crippen LogP contribution in [0.1, 0.15) is 29.8 Å². The van der Waals surface area contributed by atoms with E-state index in [0.29, 0.717) is 12.5 Å². The van der Waals surface area contributed by atoms with Gasteiger partial charge in [-0.3, -0.25) is 9.97 Å². The second-order valence-corrected chi connectivity index (χ2v) is 7.56. The molecule has 1 saturated heterocycles. The smallest absolute Gasteiger partial charge is 0.214 e. The van der Waals surface area contributed by atoms with Gasteiger partial charge in [-0.25, -0.2) is 4.98 Å². The molecule has 6 heteroatoms. The number of nitrogens with one attached hydrogen (secondary N) is 1. The second-order valence-electron chi connectivity index (χ2n) is 7.56. The summed E-state index contributed by atoms with van der Waals surface area (Å²) in [5, 5.41) is 3.23. The van der Waals surface area contributed by atoms with E-state index in [9.17, 15) is 0 Å². The molecule has 3 aromatic rings. The van der Waals surface area contributed by atoms with Crippen molar-refractivity contribution in [2.75, 3.05) is 13.1 Å². The molecule has 0 unspecified atom stereocenters. The monoisotopic (exact) mass is 388 g/mol. The molecule has 4 heterocycles. The number of aryl methyl sites for hydroxylation is 1. The molecule has 1 aliphatic heterocycles. The lowest BCUT2D eigenvalue weighted by Gasteiger charge is -2.27. The summed E-state index contributed by atoms with van der Waals surface area (Å²) in [4.78, 5) is 13.6. The van der Waals surface area contributed by atoms with E-state index in [1.165, 1.54) is 18.4 Å². The van der Waals surface area contributed by atoms with Crippen LogP contribution in [0, 0.1) is 0 Å². The summed E-state index contributed by atoms with van der Waals surface area (Å²) >= 11 is 0. The molecule has 1 fully saturated rings. The summed E-state index contributed by atoms with van der Waals surface area (Å²) in [6.07, 6.45) is 10.1. The highest BCUT2D eigenvalue weighted by molar-refractivity contribution is 5.70. The Morgan fingerprint density at radius 1 is 1.07 bits per heavy atom. The van der Waals surface area contributed by atoms with E-state index in [2.05, 4.69) is 21.4 Å². The van der Waals surface area contributed by atoms with Gasteiger partial charge in [-0.2, -0.15) is 0 Å². The summed E-state index contributed by atoms with van der Waals surface area (Å²) in [6.45, 7) is 2.18. The SMILES string of the molecule is c1ccc(COc2cc(-c3cncc(OC4CNC4)c3)c3c(n2)CCCC3)nc1. The van der Waals surface area contributed by atoms with Crippen LogP contribution in [0.15, 0.2) is 48.9 Å². The first-order valence-corrected chi connectivity index (χ1v) is 10.2. The maximum atomic E-state index is 6.01. The van der Waals surface area contributed by atoms with Crippen molar-refractivity contribution in [2.24, 2.45) is 0 Å². The standard InChI is InChI=1S/C23H24N4O2/c1-2-7-22-20(6-1)21(10-23(27-22)28-15-17-5-3-4-8-26-17)16-9-18(12-24-11-16)29-19-13-25-14-19/h3-5,8-12,19,25H,1-2,6-7,13-15H2. The highest BCUT2D eigenvalue weighted by atomic mass is 16.5. The molecule has 0 radical (unpaired) electrons. The summed E-state index contributed by atoms with van der Waals surface area (Å²) < 4.78 is 12.0. The molecule has 0 saturated carbocycles. The molecule has 148 valence electrons. The largest absolute Gasteiger partial charge is 0.486 e. The van der Waals surface area contributed by atoms with Crippen molar-refractivity contribution in [1.82, 2.24) is 20.3 Å². The molecule has 29 heavy (non-hydrogen) atoms.